The van der Waals surface area contributed by atoms with Crippen LogP contribution in [-0.2, 0) is 0 Å². The fourth-order valence-corrected chi connectivity index (χ4v) is 1.35. The summed E-state index contributed by atoms with van der Waals surface area (Å²) in [5.74, 6) is 1.64. The highest BCUT2D eigenvalue weighted by molar-refractivity contribution is 5.47. The van der Waals surface area contributed by atoms with E-state index in [2.05, 4.69) is 10.5 Å². The number of anilines is 1. The van der Waals surface area contributed by atoms with E-state index < -0.39 is 0 Å². The number of aromatic nitrogens is 1. The van der Waals surface area contributed by atoms with Gasteiger partial charge in [0.25, 0.3) is 0 Å². The largest absolute Gasteiger partial charge is 0.381 e. The van der Waals surface area contributed by atoms with Crippen molar-refractivity contribution in [3.63, 3.8) is 0 Å². The van der Waals surface area contributed by atoms with Crippen LogP contribution >= 0.6 is 0 Å². The quantitative estimate of drug-likeness (QED) is 0.672. The predicted octanol–water partition coefficient (Wildman–Crippen LogP) is 1.31. The van der Waals surface area contributed by atoms with Gasteiger partial charge in [0.2, 0.25) is 0 Å². The normalized spacial score (nSPS) is 16.1. The summed E-state index contributed by atoms with van der Waals surface area (Å²) in [6.45, 7) is 1.62. The molecule has 0 atom stereocenters. The van der Waals surface area contributed by atoms with E-state index in [1.54, 1.807) is 6.20 Å². The third kappa shape index (κ3) is 2.01. The van der Waals surface area contributed by atoms with Gasteiger partial charge < -0.3 is 15.6 Å². The Morgan fingerprint density at radius 3 is 3.15 bits per heavy atom. The first-order chi connectivity index (χ1) is 6.42. The van der Waals surface area contributed by atoms with Crippen molar-refractivity contribution in [2.45, 2.75) is 25.2 Å². The molecule has 0 aliphatic heterocycles. The Kier molecular flexibility index (Phi) is 2.49. The van der Waals surface area contributed by atoms with Gasteiger partial charge >= 0.3 is 0 Å². The van der Waals surface area contributed by atoms with E-state index in [-0.39, 0.29) is 0 Å². The molecule has 0 spiro atoms. The van der Waals surface area contributed by atoms with Gasteiger partial charge in [0, 0.05) is 12.5 Å². The maximum absolute atomic E-state index is 5.40. The number of rotatable bonds is 5. The third-order valence-corrected chi connectivity index (χ3v) is 2.24. The van der Waals surface area contributed by atoms with Gasteiger partial charge in [-0.1, -0.05) is 5.16 Å². The average molecular weight is 181 g/mol. The highest BCUT2D eigenvalue weighted by Crippen LogP contribution is 2.43. The summed E-state index contributed by atoms with van der Waals surface area (Å²) in [7, 11) is 0. The predicted molar refractivity (Wildman–Crippen MR) is 50.6 cm³/mol. The molecular weight excluding hydrogens is 166 g/mol. The zero-order valence-corrected chi connectivity index (χ0v) is 7.62. The van der Waals surface area contributed by atoms with Gasteiger partial charge in [-0.3, -0.25) is 0 Å². The molecule has 4 nitrogen and oxygen atoms in total. The van der Waals surface area contributed by atoms with Crippen LogP contribution in [-0.4, -0.2) is 18.2 Å². The van der Waals surface area contributed by atoms with E-state index in [0.29, 0.717) is 5.92 Å². The summed E-state index contributed by atoms with van der Waals surface area (Å²) < 4.78 is 5.18. The smallest absolute Gasteiger partial charge is 0.162 e. The summed E-state index contributed by atoms with van der Waals surface area (Å²) >= 11 is 0. The zero-order chi connectivity index (χ0) is 9.10. The van der Waals surface area contributed by atoms with Crippen molar-refractivity contribution in [2.24, 2.45) is 5.73 Å². The van der Waals surface area contributed by atoms with Gasteiger partial charge in [0.05, 0.1) is 11.9 Å². The van der Waals surface area contributed by atoms with E-state index in [0.717, 1.165) is 31.0 Å². The molecule has 0 amide bonds. The average Bonchev–Trinajstić information content (AvgIpc) is 2.88. The summed E-state index contributed by atoms with van der Waals surface area (Å²) in [6, 6.07) is 0. The van der Waals surface area contributed by atoms with E-state index in [4.69, 9.17) is 10.3 Å². The van der Waals surface area contributed by atoms with Crippen LogP contribution in [0.4, 0.5) is 5.69 Å². The Labute approximate surface area is 77.5 Å². The Morgan fingerprint density at radius 2 is 2.46 bits per heavy atom. The first-order valence-corrected chi connectivity index (χ1v) is 4.80. The summed E-state index contributed by atoms with van der Waals surface area (Å²) in [5.41, 5.74) is 6.45. The summed E-state index contributed by atoms with van der Waals surface area (Å²) in [5, 5.41) is 7.07. The number of hydrogen-bond donors (Lipinski definition) is 2. The van der Waals surface area contributed by atoms with Crippen LogP contribution in [0.3, 0.4) is 0 Å². The van der Waals surface area contributed by atoms with Gasteiger partial charge in [-0.25, -0.2) is 0 Å². The van der Waals surface area contributed by atoms with Crippen LogP contribution in [0.15, 0.2) is 10.7 Å². The second kappa shape index (κ2) is 3.79. The van der Waals surface area contributed by atoms with Gasteiger partial charge in [-0.2, -0.15) is 0 Å². The minimum absolute atomic E-state index is 0.614. The van der Waals surface area contributed by atoms with Crippen molar-refractivity contribution in [3.8, 4) is 0 Å². The minimum atomic E-state index is 0.614. The van der Waals surface area contributed by atoms with Gasteiger partial charge in [0.15, 0.2) is 5.76 Å². The maximum atomic E-state index is 5.40. The Morgan fingerprint density at radius 1 is 1.62 bits per heavy atom. The fourth-order valence-electron chi connectivity index (χ4n) is 1.35. The lowest BCUT2D eigenvalue weighted by Gasteiger charge is -2.02. The fraction of sp³-hybridized carbons (Fsp3) is 0.667. The number of nitrogens with zero attached hydrogens (tertiary/aromatic N) is 1. The van der Waals surface area contributed by atoms with Crippen LogP contribution in [0, 0.1) is 0 Å². The molecule has 0 aromatic carbocycles. The molecule has 1 aliphatic carbocycles. The molecule has 0 bridgehead atoms. The molecule has 0 radical (unpaired) electrons. The Balaban J connectivity index is 1.90. The number of nitrogens with one attached hydrogen (secondary N) is 1. The van der Waals surface area contributed by atoms with E-state index in [1.807, 2.05) is 0 Å². The van der Waals surface area contributed by atoms with Gasteiger partial charge in [0.1, 0.15) is 0 Å². The molecule has 1 aromatic rings. The molecule has 2 rings (SSSR count). The maximum Gasteiger partial charge on any atom is 0.162 e. The molecule has 4 heteroatoms. The van der Waals surface area contributed by atoms with Crippen LogP contribution in [0.5, 0.6) is 0 Å². The number of nitrogens with two attached hydrogens (primary N) is 1. The van der Waals surface area contributed by atoms with Crippen molar-refractivity contribution in [2.75, 3.05) is 18.4 Å². The Bertz CT molecular complexity index is 268. The first-order valence-electron chi connectivity index (χ1n) is 4.80. The highest BCUT2D eigenvalue weighted by atomic mass is 16.5. The van der Waals surface area contributed by atoms with Crippen molar-refractivity contribution < 1.29 is 4.52 Å². The number of hydrogen-bond acceptors (Lipinski definition) is 4. The lowest BCUT2D eigenvalue weighted by molar-refractivity contribution is 0.385. The third-order valence-electron chi connectivity index (χ3n) is 2.24. The second-order valence-electron chi connectivity index (χ2n) is 3.45. The monoisotopic (exact) mass is 181 g/mol. The standard InChI is InChI=1S/C9H15N3O/c10-4-1-5-11-8-6-12-13-9(8)7-2-3-7/h6-7,11H,1-5,10H2. The molecular formula is C9H15N3O. The van der Waals surface area contributed by atoms with E-state index >= 15 is 0 Å². The van der Waals surface area contributed by atoms with Crippen molar-refractivity contribution in [3.05, 3.63) is 12.0 Å². The molecule has 1 saturated carbocycles. The highest BCUT2D eigenvalue weighted by Gasteiger charge is 2.30. The van der Waals surface area contributed by atoms with Crippen LogP contribution in [0.2, 0.25) is 0 Å². The van der Waals surface area contributed by atoms with Crippen LogP contribution in [0.1, 0.15) is 30.9 Å². The summed E-state index contributed by atoms with van der Waals surface area (Å²) in [4.78, 5) is 0. The van der Waals surface area contributed by atoms with E-state index in [1.165, 1.54) is 12.8 Å². The van der Waals surface area contributed by atoms with Gasteiger partial charge in [-0.15, -0.1) is 0 Å². The molecule has 13 heavy (non-hydrogen) atoms. The molecule has 3 N–H and O–H groups in total. The van der Waals surface area contributed by atoms with Crippen molar-refractivity contribution in [1.82, 2.24) is 5.16 Å². The molecule has 1 fully saturated rings. The lowest BCUT2D eigenvalue weighted by atomic mass is 10.3. The topological polar surface area (TPSA) is 64.1 Å². The molecule has 0 saturated heterocycles. The SMILES string of the molecule is NCCCNc1cnoc1C1CC1. The molecule has 0 unspecified atom stereocenters. The summed E-state index contributed by atoms with van der Waals surface area (Å²) in [6.07, 6.45) is 5.21. The van der Waals surface area contributed by atoms with Gasteiger partial charge in [-0.05, 0) is 25.8 Å². The molecule has 72 valence electrons. The van der Waals surface area contributed by atoms with Crippen LogP contribution < -0.4 is 11.1 Å². The van der Waals surface area contributed by atoms with Crippen molar-refractivity contribution >= 4 is 5.69 Å². The van der Waals surface area contributed by atoms with Crippen LogP contribution in [0.25, 0.3) is 0 Å². The minimum Gasteiger partial charge on any atom is -0.381 e. The Hall–Kier alpha value is -1.03. The van der Waals surface area contributed by atoms with Crippen molar-refractivity contribution in [1.29, 1.82) is 0 Å². The zero-order valence-electron chi connectivity index (χ0n) is 7.62. The second-order valence-corrected chi connectivity index (χ2v) is 3.45. The molecule has 1 aromatic heterocycles. The first kappa shape index (κ1) is 8.56. The molecule has 1 heterocycles. The lowest BCUT2D eigenvalue weighted by Crippen LogP contribution is -2.08. The molecule has 1 aliphatic rings. The van der Waals surface area contributed by atoms with E-state index in [9.17, 15) is 0 Å².